The Bertz CT molecular complexity index is 463. The number of benzene rings is 1. The number of amides is 1. The van der Waals surface area contributed by atoms with Crippen LogP contribution in [-0.4, -0.2) is 29.7 Å². The van der Waals surface area contributed by atoms with Crippen LogP contribution in [0.2, 0.25) is 5.02 Å². The van der Waals surface area contributed by atoms with E-state index in [1.165, 1.54) is 12.1 Å². The molecule has 6 heteroatoms. The summed E-state index contributed by atoms with van der Waals surface area (Å²) in [4.78, 5) is 11.9. The molecule has 3 unspecified atom stereocenters. The average molecular weight is 287 g/mol. The van der Waals surface area contributed by atoms with Crippen molar-refractivity contribution in [2.75, 3.05) is 6.54 Å². The molecule has 19 heavy (non-hydrogen) atoms. The maximum absolute atomic E-state index is 13.7. The van der Waals surface area contributed by atoms with Crippen molar-refractivity contribution < 1.29 is 14.3 Å². The summed E-state index contributed by atoms with van der Waals surface area (Å²) in [6.45, 7) is 2.07. The van der Waals surface area contributed by atoms with Gasteiger partial charge in [0.05, 0.1) is 18.2 Å². The molecule has 2 rings (SSSR count). The Morgan fingerprint density at radius 2 is 2.37 bits per heavy atom. The van der Waals surface area contributed by atoms with Gasteiger partial charge in [-0.1, -0.05) is 17.7 Å². The standard InChI is InChI=1S/C13H16ClFN2O2/c1-7(12-9(14)3-2-4-10(12)15)17-13(19)11-5-8(18)6-16-11/h2-4,7-8,11,16,18H,5-6H2,1H3,(H,17,19). The number of hydrogen-bond donors (Lipinski definition) is 3. The Labute approximate surface area is 116 Å². The monoisotopic (exact) mass is 286 g/mol. The van der Waals surface area contributed by atoms with Crippen LogP contribution in [0, 0.1) is 5.82 Å². The van der Waals surface area contributed by atoms with Crippen LogP contribution in [0.5, 0.6) is 0 Å². The third-order valence-electron chi connectivity index (χ3n) is 3.22. The van der Waals surface area contributed by atoms with Crippen LogP contribution in [-0.2, 0) is 4.79 Å². The molecule has 0 bridgehead atoms. The van der Waals surface area contributed by atoms with Gasteiger partial charge in [-0.25, -0.2) is 4.39 Å². The van der Waals surface area contributed by atoms with E-state index in [9.17, 15) is 14.3 Å². The Hall–Kier alpha value is -1.17. The van der Waals surface area contributed by atoms with Crippen LogP contribution in [0.1, 0.15) is 24.9 Å². The fraction of sp³-hybridized carbons (Fsp3) is 0.462. The van der Waals surface area contributed by atoms with E-state index in [1.807, 2.05) is 0 Å². The first kappa shape index (κ1) is 14.2. The van der Waals surface area contributed by atoms with Crippen molar-refractivity contribution in [2.24, 2.45) is 0 Å². The van der Waals surface area contributed by atoms with Gasteiger partial charge in [-0.15, -0.1) is 0 Å². The highest BCUT2D eigenvalue weighted by Gasteiger charge is 2.29. The molecule has 0 spiro atoms. The maximum Gasteiger partial charge on any atom is 0.237 e. The lowest BCUT2D eigenvalue weighted by Crippen LogP contribution is -2.41. The number of halogens is 2. The highest BCUT2D eigenvalue weighted by Crippen LogP contribution is 2.25. The van der Waals surface area contributed by atoms with Gasteiger partial charge in [0.1, 0.15) is 5.82 Å². The Balaban J connectivity index is 2.05. The van der Waals surface area contributed by atoms with Gasteiger partial charge in [-0.05, 0) is 25.5 Å². The number of carbonyl (C=O) groups is 1. The van der Waals surface area contributed by atoms with Crippen molar-refractivity contribution in [1.29, 1.82) is 0 Å². The molecule has 1 fully saturated rings. The second-order valence-corrected chi connectivity index (χ2v) is 5.12. The quantitative estimate of drug-likeness (QED) is 0.787. The first-order valence-corrected chi connectivity index (χ1v) is 6.52. The molecule has 0 aliphatic carbocycles. The van der Waals surface area contributed by atoms with Crippen molar-refractivity contribution in [3.05, 3.63) is 34.6 Å². The predicted octanol–water partition coefficient (Wildman–Crippen LogP) is 1.38. The van der Waals surface area contributed by atoms with E-state index in [0.29, 0.717) is 13.0 Å². The summed E-state index contributed by atoms with van der Waals surface area (Å²) in [6, 6.07) is 3.44. The summed E-state index contributed by atoms with van der Waals surface area (Å²) in [5.74, 6) is -0.705. The van der Waals surface area contributed by atoms with Gasteiger partial charge < -0.3 is 15.7 Å². The summed E-state index contributed by atoms with van der Waals surface area (Å²) in [5.41, 5.74) is 0.274. The zero-order valence-corrected chi connectivity index (χ0v) is 11.2. The van der Waals surface area contributed by atoms with E-state index in [2.05, 4.69) is 10.6 Å². The molecular weight excluding hydrogens is 271 g/mol. The van der Waals surface area contributed by atoms with Crippen molar-refractivity contribution in [2.45, 2.75) is 31.5 Å². The minimum atomic E-state index is -0.527. The second kappa shape index (κ2) is 5.86. The van der Waals surface area contributed by atoms with Gasteiger partial charge in [0.2, 0.25) is 5.91 Å². The van der Waals surface area contributed by atoms with Crippen LogP contribution in [0.3, 0.4) is 0 Å². The second-order valence-electron chi connectivity index (χ2n) is 4.72. The molecule has 1 aliphatic rings. The van der Waals surface area contributed by atoms with Crippen molar-refractivity contribution in [1.82, 2.24) is 10.6 Å². The summed E-state index contributed by atoms with van der Waals surface area (Å²) < 4.78 is 13.7. The average Bonchev–Trinajstić information content (AvgIpc) is 2.75. The third kappa shape index (κ3) is 3.23. The number of aliphatic hydroxyl groups excluding tert-OH is 1. The van der Waals surface area contributed by atoms with E-state index < -0.39 is 24.0 Å². The van der Waals surface area contributed by atoms with E-state index >= 15 is 0 Å². The lowest BCUT2D eigenvalue weighted by atomic mass is 10.1. The minimum Gasteiger partial charge on any atom is -0.392 e. The van der Waals surface area contributed by atoms with E-state index in [1.54, 1.807) is 13.0 Å². The van der Waals surface area contributed by atoms with Crippen LogP contribution in [0.15, 0.2) is 18.2 Å². The largest absolute Gasteiger partial charge is 0.392 e. The first-order chi connectivity index (χ1) is 8.99. The van der Waals surface area contributed by atoms with Crippen LogP contribution >= 0.6 is 11.6 Å². The normalized spacial score (nSPS) is 24.2. The van der Waals surface area contributed by atoms with Gasteiger partial charge in [-0.3, -0.25) is 4.79 Å². The number of carbonyl (C=O) groups excluding carboxylic acids is 1. The molecule has 0 aromatic heterocycles. The highest BCUT2D eigenvalue weighted by molar-refractivity contribution is 6.31. The molecule has 1 heterocycles. The van der Waals surface area contributed by atoms with Crippen molar-refractivity contribution in [3.8, 4) is 0 Å². The Morgan fingerprint density at radius 3 is 2.95 bits per heavy atom. The number of hydrogen-bond acceptors (Lipinski definition) is 3. The zero-order chi connectivity index (χ0) is 14.0. The maximum atomic E-state index is 13.7. The lowest BCUT2D eigenvalue weighted by Gasteiger charge is -2.19. The molecule has 0 radical (unpaired) electrons. The fourth-order valence-corrected chi connectivity index (χ4v) is 2.55. The molecular formula is C13H16ClFN2O2. The highest BCUT2D eigenvalue weighted by atomic mass is 35.5. The molecule has 1 aliphatic heterocycles. The summed E-state index contributed by atoms with van der Waals surface area (Å²) in [6.07, 6.45) is -0.146. The third-order valence-corrected chi connectivity index (χ3v) is 3.55. The Morgan fingerprint density at radius 1 is 1.63 bits per heavy atom. The molecule has 3 atom stereocenters. The molecule has 1 aromatic rings. The van der Waals surface area contributed by atoms with Gasteiger partial charge >= 0.3 is 0 Å². The summed E-state index contributed by atoms with van der Waals surface area (Å²) >= 11 is 5.94. The van der Waals surface area contributed by atoms with Crippen LogP contribution in [0.4, 0.5) is 4.39 Å². The molecule has 1 aromatic carbocycles. The van der Waals surface area contributed by atoms with E-state index in [-0.39, 0.29) is 16.5 Å². The van der Waals surface area contributed by atoms with Crippen molar-refractivity contribution >= 4 is 17.5 Å². The molecule has 104 valence electrons. The zero-order valence-electron chi connectivity index (χ0n) is 10.5. The first-order valence-electron chi connectivity index (χ1n) is 6.14. The van der Waals surface area contributed by atoms with E-state index in [4.69, 9.17) is 11.6 Å². The van der Waals surface area contributed by atoms with Gasteiger partial charge in [0.25, 0.3) is 0 Å². The van der Waals surface area contributed by atoms with Gasteiger partial charge in [0.15, 0.2) is 0 Å². The molecule has 1 amide bonds. The summed E-state index contributed by atoms with van der Waals surface area (Å²) in [5, 5.41) is 15.3. The number of nitrogens with one attached hydrogen (secondary N) is 2. The molecule has 4 nitrogen and oxygen atoms in total. The summed E-state index contributed by atoms with van der Waals surface area (Å²) in [7, 11) is 0. The SMILES string of the molecule is CC(NC(=O)C1CC(O)CN1)c1c(F)cccc1Cl. The van der Waals surface area contributed by atoms with Crippen LogP contribution in [0.25, 0.3) is 0 Å². The number of aliphatic hydroxyl groups is 1. The number of rotatable bonds is 3. The Kier molecular flexibility index (Phi) is 4.39. The van der Waals surface area contributed by atoms with Crippen molar-refractivity contribution in [3.63, 3.8) is 0 Å². The topological polar surface area (TPSA) is 61.4 Å². The van der Waals surface area contributed by atoms with Gasteiger partial charge in [-0.2, -0.15) is 0 Å². The molecule has 1 saturated heterocycles. The van der Waals surface area contributed by atoms with Crippen LogP contribution < -0.4 is 10.6 Å². The van der Waals surface area contributed by atoms with E-state index in [0.717, 1.165) is 0 Å². The minimum absolute atomic E-state index is 0.261. The predicted molar refractivity (Wildman–Crippen MR) is 70.4 cm³/mol. The molecule has 3 N–H and O–H groups in total. The smallest absolute Gasteiger partial charge is 0.237 e. The number of β-amino-alcohol motifs (C(OH)–C–C–N with tert-alkyl or cyclic N) is 1. The van der Waals surface area contributed by atoms with Gasteiger partial charge in [0, 0.05) is 17.1 Å². The lowest BCUT2D eigenvalue weighted by molar-refractivity contribution is -0.123. The fourth-order valence-electron chi connectivity index (χ4n) is 2.23. The molecule has 0 saturated carbocycles.